The zero-order valence-electron chi connectivity index (χ0n) is 19.6. The molecule has 1 atom stereocenters. The first kappa shape index (κ1) is 22.6. The Labute approximate surface area is 206 Å². The number of aromatic nitrogens is 5. The fourth-order valence-corrected chi connectivity index (χ4v) is 4.49. The molecular weight excluding hydrogens is 461 g/mol. The topological polar surface area (TPSA) is 90.5 Å². The highest BCUT2D eigenvalue weighted by Gasteiger charge is 2.15. The summed E-state index contributed by atoms with van der Waals surface area (Å²) in [6, 6.07) is 14.6. The number of anilines is 2. The van der Waals surface area contributed by atoms with Gasteiger partial charge in [0.25, 0.3) is 0 Å². The molecule has 9 nitrogen and oxygen atoms in total. The summed E-state index contributed by atoms with van der Waals surface area (Å²) in [6.45, 7) is 3.84. The van der Waals surface area contributed by atoms with Crippen molar-refractivity contribution >= 4 is 27.9 Å². The minimum Gasteiger partial charge on any atom is -0.374 e. The lowest BCUT2D eigenvalue weighted by molar-refractivity contribution is -0.0355. The van der Waals surface area contributed by atoms with E-state index < -0.39 is 0 Å². The van der Waals surface area contributed by atoms with E-state index in [4.69, 9.17) is 9.47 Å². The highest BCUT2D eigenvalue weighted by molar-refractivity contribution is 5.85. The number of halogens is 1. The molecule has 2 aromatic carbocycles. The summed E-state index contributed by atoms with van der Waals surface area (Å²) in [5.74, 6) is 0.441. The van der Waals surface area contributed by atoms with Crippen molar-refractivity contribution in [2.24, 2.45) is 0 Å². The number of nitrogens with zero attached hydrogens (tertiary/aromatic N) is 5. The van der Waals surface area contributed by atoms with Gasteiger partial charge >= 0.3 is 0 Å². The molecule has 1 fully saturated rings. The summed E-state index contributed by atoms with van der Waals surface area (Å²) in [5, 5.41) is 16.5. The van der Waals surface area contributed by atoms with Crippen molar-refractivity contribution in [2.45, 2.75) is 19.3 Å². The second-order valence-corrected chi connectivity index (χ2v) is 8.79. The molecule has 184 valence electrons. The third-order valence-corrected chi connectivity index (χ3v) is 6.23. The summed E-state index contributed by atoms with van der Waals surface area (Å²) in [4.78, 5) is 4.49. The first-order valence-electron chi connectivity index (χ1n) is 11.9. The Morgan fingerprint density at radius 1 is 1.17 bits per heavy atom. The Hall–Kier alpha value is -3.86. The predicted molar refractivity (Wildman–Crippen MR) is 134 cm³/mol. The number of benzene rings is 2. The van der Waals surface area contributed by atoms with Crippen LogP contribution in [0.4, 0.5) is 15.9 Å². The number of ether oxygens (including phenoxy) is 2. The van der Waals surface area contributed by atoms with Gasteiger partial charge in [0.15, 0.2) is 5.82 Å². The average Bonchev–Trinajstić information content (AvgIpc) is 3.49. The van der Waals surface area contributed by atoms with Crippen LogP contribution in [0.15, 0.2) is 67.3 Å². The second kappa shape index (κ2) is 10.0. The number of hydrogen-bond donors (Lipinski definition) is 2. The maximum absolute atomic E-state index is 13.6. The van der Waals surface area contributed by atoms with Crippen LogP contribution in [-0.4, -0.2) is 56.8 Å². The van der Waals surface area contributed by atoms with Gasteiger partial charge in [-0.15, -0.1) is 0 Å². The molecule has 0 amide bonds. The Balaban J connectivity index is 1.20. The van der Waals surface area contributed by atoms with Crippen LogP contribution >= 0.6 is 0 Å². The van der Waals surface area contributed by atoms with Crippen molar-refractivity contribution in [2.75, 3.05) is 31.6 Å². The Kier molecular flexibility index (Phi) is 6.29. The molecule has 3 aromatic heterocycles. The molecule has 0 bridgehead atoms. The minimum absolute atomic E-state index is 0.0648. The van der Waals surface area contributed by atoms with Gasteiger partial charge in [-0.05, 0) is 42.0 Å². The van der Waals surface area contributed by atoms with E-state index in [9.17, 15) is 4.39 Å². The number of rotatable bonds is 8. The third-order valence-electron chi connectivity index (χ3n) is 6.23. The standard InChI is InChI=1S/C26H26FN7O2/c27-21-3-1-2-18(10-21)14-34-24-5-4-22(11-20(24)12-30-34)32-26-25-19(6-8-33(25)31-17-29-26)15-35-16-23-13-28-7-9-36-23/h1-6,8,10-12,17,23,28H,7,9,13-16H2,(H,29,31,32). The molecule has 0 spiro atoms. The van der Waals surface area contributed by atoms with Crippen LogP contribution in [0.2, 0.25) is 0 Å². The summed E-state index contributed by atoms with van der Waals surface area (Å²) < 4.78 is 28.9. The van der Waals surface area contributed by atoms with Gasteiger partial charge in [0.05, 0.1) is 44.2 Å². The lowest BCUT2D eigenvalue weighted by Crippen LogP contribution is -2.40. The zero-order chi connectivity index (χ0) is 24.3. The molecule has 2 N–H and O–H groups in total. The molecule has 0 saturated carbocycles. The van der Waals surface area contributed by atoms with Crippen molar-refractivity contribution in [3.05, 3.63) is 84.2 Å². The normalized spacial score (nSPS) is 16.1. The van der Waals surface area contributed by atoms with E-state index in [-0.39, 0.29) is 11.9 Å². The smallest absolute Gasteiger partial charge is 0.158 e. The Morgan fingerprint density at radius 3 is 3.03 bits per heavy atom. The molecular formula is C26H26FN7O2. The van der Waals surface area contributed by atoms with Crippen LogP contribution in [-0.2, 0) is 22.6 Å². The minimum atomic E-state index is -0.249. The van der Waals surface area contributed by atoms with Crippen molar-refractivity contribution in [3.8, 4) is 0 Å². The van der Waals surface area contributed by atoms with Gasteiger partial charge in [-0.2, -0.15) is 10.2 Å². The Bertz CT molecular complexity index is 1490. The maximum Gasteiger partial charge on any atom is 0.158 e. The molecule has 0 radical (unpaired) electrons. The van der Waals surface area contributed by atoms with Gasteiger partial charge in [-0.1, -0.05) is 12.1 Å². The highest BCUT2D eigenvalue weighted by atomic mass is 19.1. The van der Waals surface area contributed by atoms with Crippen molar-refractivity contribution < 1.29 is 13.9 Å². The largest absolute Gasteiger partial charge is 0.374 e. The van der Waals surface area contributed by atoms with Crippen molar-refractivity contribution in [1.29, 1.82) is 0 Å². The van der Waals surface area contributed by atoms with E-state index in [1.54, 1.807) is 10.6 Å². The highest BCUT2D eigenvalue weighted by Crippen LogP contribution is 2.26. The summed E-state index contributed by atoms with van der Waals surface area (Å²) in [7, 11) is 0. The molecule has 4 heterocycles. The van der Waals surface area contributed by atoms with Crippen LogP contribution in [0.1, 0.15) is 11.1 Å². The Morgan fingerprint density at radius 2 is 2.14 bits per heavy atom. The van der Waals surface area contributed by atoms with Crippen LogP contribution in [0.5, 0.6) is 0 Å². The quantitative estimate of drug-likeness (QED) is 0.346. The van der Waals surface area contributed by atoms with Crippen molar-refractivity contribution in [3.63, 3.8) is 0 Å². The van der Waals surface area contributed by atoms with Gasteiger partial charge < -0.3 is 20.1 Å². The van der Waals surface area contributed by atoms with Gasteiger partial charge in [0.2, 0.25) is 0 Å². The monoisotopic (exact) mass is 487 g/mol. The van der Waals surface area contributed by atoms with Crippen LogP contribution in [0, 0.1) is 5.82 Å². The van der Waals surface area contributed by atoms with E-state index in [1.165, 1.54) is 18.5 Å². The molecule has 1 saturated heterocycles. The molecule has 1 aliphatic rings. The molecule has 0 aliphatic carbocycles. The van der Waals surface area contributed by atoms with E-state index >= 15 is 0 Å². The molecule has 1 unspecified atom stereocenters. The number of morpholine rings is 1. The predicted octanol–water partition coefficient (Wildman–Crippen LogP) is 3.52. The van der Waals surface area contributed by atoms with Gasteiger partial charge in [0.1, 0.15) is 17.7 Å². The van der Waals surface area contributed by atoms with Gasteiger partial charge in [-0.25, -0.2) is 13.9 Å². The van der Waals surface area contributed by atoms with Crippen LogP contribution < -0.4 is 10.6 Å². The number of hydrogen-bond acceptors (Lipinski definition) is 7. The average molecular weight is 488 g/mol. The van der Waals surface area contributed by atoms with E-state index in [0.717, 1.165) is 46.3 Å². The maximum atomic E-state index is 13.6. The SMILES string of the molecule is Fc1cccc(Cn2ncc3cc(Nc4ncnn5ccc(COCC6CNCCO6)c45)ccc32)c1. The molecule has 6 rings (SSSR count). The van der Waals surface area contributed by atoms with Crippen LogP contribution in [0.3, 0.4) is 0 Å². The molecule has 36 heavy (non-hydrogen) atoms. The third kappa shape index (κ3) is 4.78. The van der Waals surface area contributed by atoms with E-state index in [1.807, 2.05) is 47.4 Å². The lowest BCUT2D eigenvalue weighted by Gasteiger charge is -2.23. The summed E-state index contributed by atoms with van der Waals surface area (Å²) >= 11 is 0. The van der Waals surface area contributed by atoms with E-state index in [2.05, 4.69) is 25.8 Å². The second-order valence-electron chi connectivity index (χ2n) is 8.79. The number of nitrogens with one attached hydrogen (secondary N) is 2. The summed E-state index contributed by atoms with van der Waals surface area (Å²) in [6.07, 6.45) is 5.31. The van der Waals surface area contributed by atoms with Crippen molar-refractivity contribution in [1.82, 2.24) is 29.7 Å². The zero-order valence-corrected chi connectivity index (χ0v) is 19.6. The molecule has 5 aromatic rings. The van der Waals surface area contributed by atoms with Gasteiger partial charge in [0, 0.05) is 35.9 Å². The first-order valence-corrected chi connectivity index (χ1v) is 11.9. The fourth-order valence-electron chi connectivity index (χ4n) is 4.49. The first-order chi connectivity index (χ1) is 17.7. The van der Waals surface area contributed by atoms with E-state index in [0.29, 0.717) is 32.2 Å². The lowest BCUT2D eigenvalue weighted by atomic mass is 10.2. The van der Waals surface area contributed by atoms with Crippen LogP contribution in [0.25, 0.3) is 16.4 Å². The molecule has 1 aliphatic heterocycles. The molecule has 10 heteroatoms. The fraction of sp³-hybridized carbons (Fsp3) is 0.269. The van der Waals surface area contributed by atoms with Gasteiger partial charge in [-0.3, -0.25) is 4.68 Å². The summed E-state index contributed by atoms with van der Waals surface area (Å²) in [5.41, 5.74) is 4.56. The number of fused-ring (bicyclic) bond motifs is 2.